The Bertz CT molecular complexity index is 1770. The number of hydrogen-bond acceptors (Lipinski definition) is 7. The SMILES string of the molecule is CCOc1c(CC(N)=O)cc([C@@](O)(CNC(=O)c2cc(OC)n3nc(C4CC4)cc3c2)C2CC2)nc1-c1ccc(Cl)c(F)c1. The molecule has 3 heterocycles. The topological polar surface area (TPSA) is 141 Å². The predicted octanol–water partition coefficient (Wildman–Crippen LogP) is 4.53. The Morgan fingerprint density at radius 1 is 1.18 bits per heavy atom. The maximum Gasteiger partial charge on any atom is 0.251 e. The summed E-state index contributed by atoms with van der Waals surface area (Å²) in [5, 5.41) is 19.6. The number of methoxy groups -OCH3 is 1. The number of carbonyl (C=O) groups is 2. The van der Waals surface area contributed by atoms with Gasteiger partial charge in [-0.15, -0.1) is 0 Å². The molecule has 1 aromatic carbocycles. The molecule has 0 radical (unpaired) electrons. The monoisotopic (exact) mass is 621 g/mol. The van der Waals surface area contributed by atoms with Gasteiger partial charge in [0, 0.05) is 28.7 Å². The van der Waals surface area contributed by atoms with E-state index in [4.69, 9.17) is 31.8 Å². The molecular formula is C32H33ClFN5O5. The zero-order chi connectivity index (χ0) is 31.2. The van der Waals surface area contributed by atoms with Gasteiger partial charge in [0.2, 0.25) is 11.8 Å². The number of fused-ring (bicyclic) bond motifs is 1. The third-order valence-electron chi connectivity index (χ3n) is 8.12. The molecule has 2 aliphatic carbocycles. The molecule has 3 aromatic heterocycles. The van der Waals surface area contributed by atoms with Crippen LogP contribution in [0.15, 0.2) is 42.5 Å². The third-order valence-corrected chi connectivity index (χ3v) is 8.43. The van der Waals surface area contributed by atoms with Crippen LogP contribution in [0.5, 0.6) is 11.6 Å². The van der Waals surface area contributed by atoms with Crippen molar-refractivity contribution in [2.24, 2.45) is 11.7 Å². The molecule has 2 aliphatic rings. The van der Waals surface area contributed by atoms with Crippen molar-refractivity contribution in [1.29, 1.82) is 0 Å². The standard InChI is InChI=1S/C32H33ClFN5O5/c1-3-44-30-19(13-27(35)40)12-26(37-29(30)18-6-9-23(33)24(34)11-18)32(42,21-7-8-21)16-36-31(41)20-10-22-15-25(17-4-5-17)38-39(22)28(14-20)43-2/h6,9-12,14-15,17,21,42H,3-5,7-8,13,16H2,1-2H3,(H2,35,40)(H,36,41)/t32-/m1/s1. The first-order valence-corrected chi connectivity index (χ1v) is 15.0. The summed E-state index contributed by atoms with van der Waals surface area (Å²) in [6.07, 6.45) is 3.40. The van der Waals surface area contributed by atoms with Crippen molar-refractivity contribution in [3.05, 3.63) is 75.8 Å². The zero-order valence-electron chi connectivity index (χ0n) is 24.4. The Kier molecular flexibility index (Phi) is 7.93. The summed E-state index contributed by atoms with van der Waals surface area (Å²) in [7, 11) is 1.52. The van der Waals surface area contributed by atoms with E-state index in [0.29, 0.717) is 41.3 Å². The van der Waals surface area contributed by atoms with Crippen LogP contribution in [0.3, 0.4) is 0 Å². The number of carbonyl (C=O) groups excluding carboxylic acids is 2. The van der Waals surface area contributed by atoms with Gasteiger partial charge in [-0.3, -0.25) is 9.59 Å². The van der Waals surface area contributed by atoms with E-state index in [1.807, 2.05) is 6.07 Å². The first-order chi connectivity index (χ1) is 21.1. The summed E-state index contributed by atoms with van der Waals surface area (Å²) in [6, 6.07) is 11.1. The number of nitrogens with two attached hydrogens (primary N) is 1. The molecule has 6 rings (SSSR count). The molecule has 2 fully saturated rings. The van der Waals surface area contributed by atoms with Gasteiger partial charge in [-0.05, 0) is 68.9 Å². The highest BCUT2D eigenvalue weighted by Crippen LogP contribution is 2.47. The molecule has 44 heavy (non-hydrogen) atoms. The van der Waals surface area contributed by atoms with Crippen LogP contribution in [0.2, 0.25) is 5.02 Å². The number of halogens is 2. The molecule has 230 valence electrons. The van der Waals surface area contributed by atoms with Crippen LogP contribution in [0.4, 0.5) is 4.39 Å². The van der Waals surface area contributed by atoms with Gasteiger partial charge in [0.15, 0.2) is 0 Å². The highest BCUT2D eigenvalue weighted by molar-refractivity contribution is 6.30. The summed E-state index contributed by atoms with van der Waals surface area (Å²) in [4.78, 5) is 30.3. The highest BCUT2D eigenvalue weighted by atomic mass is 35.5. The number of amides is 2. The van der Waals surface area contributed by atoms with Crippen molar-refractivity contribution in [2.45, 2.75) is 50.5 Å². The van der Waals surface area contributed by atoms with E-state index in [1.54, 1.807) is 35.7 Å². The average molecular weight is 622 g/mol. The normalized spacial score (nSPS) is 16.0. The largest absolute Gasteiger partial charge is 0.491 e. The second kappa shape index (κ2) is 11.7. The van der Waals surface area contributed by atoms with Crippen LogP contribution in [0, 0.1) is 11.7 Å². The molecule has 0 bridgehead atoms. The molecule has 0 aliphatic heterocycles. The van der Waals surface area contributed by atoms with Crippen LogP contribution in [-0.4, -0.2) is 51.8 Å². The molecule has 12 heteroatoms. The van der Waals surface area contributed by atoms with Gasteiger partial charge in [0.05, 0.1) is 48.6 Å². The number of nitrogens with one attached hydrogen (secondary N) is 1. The molecule has 0 saturated heterocycles. The summed E-state index contributed by atoms with van der Waals surface area (Å²) in [5.74, 6) is -0.796. The van der Waals surface area contributed by atoms with Crippen LogP contribution < -0.4 is 20.5 Å². The van der Waals surface area contributed by atoms with Gasteiger partial charge in [-0.1, -0.05) is 17.7 Å². The van der Waals surface area contributed by atoms with E-state index in [9.17, 15) is 19.1 Å². The van der Waals surface area contributed by atoms with Crippen molar-refractivity contribution in [3.8, 4) is 22.9 Å². The molecular weight excluding hydrogens is 589 g/mol. The fourth-order valence-corrected chi connectivity index (χ4v) is 5.66. The minimum atomic E-state index is -1.60. The van der Waals surface area contributed by atoms with E-state index in [0.717, 1.165) is 24.1 Å². The lowest BCUT2D eigenvalue weighted by Gasteiger charge is -2.30. The van der Waals surface area contributed by atoms with E-state index < -0.39 is 23.2 Å². The summed E-state index contributed by atoms with van der Waals surface area (Å²) >= 11 is 5.93. The number of benzene rings is 1. The number of aliphatic hydroxyl groups is 1. The van der Waals surface area contributed by atoms with Crippen LogP contribution >= 0.6 is 11.6 Å². The molecule has 4 aromatic rings. The van der Waals surface area contributed by atoms with Gasteiger partial charge in [0.1, 0.15) is 22.9 Å². The van der Waals surface area contributed by atoms with Gasteiger partial charge < -0.3 is 25.6 Å². The lowest BCUT2D eigenvalue weighted by atomic mass is 9.90. The molecule has 0 spiro atoms. The van der Waals surface area contributed by atoms with Crippen LogP contribution in [0.1, 0.15) is 65.8 Å². The molecule has 1 atom stereocenters. The maximum atomic E-state index is 14.5. The third kappa shape index (κ3) is 5.81. The van der Waals surface area contributed by atoms with Crippen LogP contribution in [-0.2, 0) is 16.8 Å². The number of aromatic nitrogens is 3. The highest BCUT2D eigenvalue weighted by Gasteiger charge is 2.47. The number of primary amides is 1. The Balaban J connectivity index is 1.36. The smallest absolute Gasteiger partial charge is 0.251 e. The van der Waals surface area contributed by atoms with Crippen LogP contribution in [0.25, 0.3) is 16.8 Å². The number of hydrogen-bond donors (Lipinski definition) is 3. The summed E-state index contributed by atoms with van der Waals surface area (Å²) in [5.41, 5.74) is 7.19. The van der Waals surface area contributed by atoms with Crippen molar-refractivity contribution in [2.75, 3.05) is 20.3 Å². The molecule has 2 saturated carbocycles. The second-order valence-electron chi connectivity index (χ2n) is 11.4. The Morgan fingerprint density at radius 2 is 1.95 bits per heavy atom. The van der Waals surface area contributed by atoms with Crippen molar-refractivity contribution in [3.63, 3.8) is 0 Å². The van der Waals surface area contributed by atoms with E-state index in [-0.39, 0.29) is 47.7 Å². The fraction of sp³-hybridized carbons (Fsp3) is 0.375. The number of rotatable bonds is 12. The summed E-state index contributed by atoms with van der Waals surface area (Å²) < 4.78 is 27.6. The second-order valence-corrected chi connectivity index (χ2v) is 11.8. The van der Waals surface area contributed by atoms with Gasteiger partial charge in [-0.2, -0.15) is 5.10 Å². The first-order valence-electron chi connectivity index (χ1n) is 14.6. The lowest BCUT2D eigenvalue weighted by Crippen LogP contribution is -2.43. The van der Waals surface area contributed by atoms with Crippen molar-refractivity contribution in [1.82, 2.24) is 19.9 Å². The van der Waals surface area contributed by atoms with E-state index in [1.165, 1.54) is 19.2 Å². The number of pyridine rings is 2. The minimum Gasteiger partial charge on any atom is -0.491 e. The minimum absolute atomic E-state index is 0.0630. The lowest BCUT2D eigenvalue weighted by molar-refractivity contribution is -0.117. The number of nitrogens with zero attached hydrogens (tertiary/aromatic N) is 3. The van der Waals surface area contributed by atoms with E-state index >= 15 is 0 Å². The molecule has 4 N–H and O–H groups in total. The quantitative estimate of drug-likeness (QED) is 0.211. The fourth-order valence-electron chi connectivity index (χ4n) is 5.54. The van der Waals surface area contributed by atoms with Crippen molar-refractivity contribution < 1.29 is 28.6 Å². The molecule has 0 unspecified atom stereocenters. The van der Waals surface area contributed by atoms with Gasteiger partial charge >= 0.3 is 0 Å². The average Bonchev–Trinajstić information content (AvgIpc) is 3.94. The Hall–Kier alpha value is -4.22. The van der Waals surface area contributed by atoms with Gasteiger partial charge in [0.25, 0.3) is 5.91 Å². The van der Waals surface area contributed by atoms with E-state index in [2.05, 4.69) is 10.4 Å². The molecule has 10 nitrogen and oxygen atoms in total. The zero-order valence-corrected chi connectivity index (χ0v) is 25.2. The van der Waals surface area contributed by atoms with Gasteiger partial charge in [-0.25, -0.2) is 13.9 Å². The maximum absolute atomic E-state index is 14.5. The first kappa shape index (κ1) is 29.8. The summed E-state index contributed by atoms with van der Waals surface area (Å²) in [6.45, 7) is 1.85. The molecule has 2 amide bonds. The Labute approximate surface area is 258 Å². The number of ether oxygens (including phenoxy) is 2. The Morgan fingerprint density at radius 3 is 2.59 bits per heavy atom. The van der Waals surface area contributed by atoms with Crippen molar-refractivity contribution >= 4 is 28.9 Å². The predicted molar refractivity (Wildman–Crippen MR) is 161 cm³/mol.